The van der Waals surface area contributed by atoms with Gasteiger partial charge in [0.25, 0.3) is 0 Å². The number of fused-ring (bicyclic) bond motifs is 1. The van der Waals surface area contributed by atoms with Crippen molar-refractivity contribution in [2.75, 3.05) is 7.05 Å². The largest absolute Gasteiger partial charge is 0.312 e. The SMILES string of the molecule is CNC(C)c1sc(-c2cc(C)c3ccccc3n2)nc1C. The number of pyridine rings is 1. The lowest BCUT2D eigenvalue weighted by atomic mass is 10.1. The van der Waals surface area contributed by atoms with Crippen molar-refractivity contribution in [2.24, 2.45) is 0 Å². The van der Waals surface area contributed by atoms with Crippen LogP contribution in [-0.2, 0) is 0 Å². The van der Waals surface area contributed by atoms with Gasteiger partial charge in [-0.25, -0.2) is 9.97 Å². The highest BCUT2D eigenvalue weighted by molar-refractivity contribution is 7.15. The van der Waals surface area contributed by atoms with E-state index < -0.39 is 0 Å². The van der Waals surface area contributed by atoms with E-state index >= 15 is 0 Å². The Balaban J connectivity index is 2.12. The lowest BCUT2D eigenvalue weighted by Gasteiger charge is -2.07. The van der Waals surface area contributed by atoms with Crippen molar-refractivity contribution in [3.8, 4) is 10.7 Å². The third kappa shape index (κ3) is 2.57. The third-order valence-corrected chi connectivity index (χ3v) is 5.16. The van der Waals surface area contributed by atoms with E-state index in [-0.39, 0.29) is 0 Å². The minimum atomic E-state index is 0.317. The molecule has 4 heteroatoms. The van der Waals surface area contributed by atoms with Crippen LogP contribution in [0.4, 0.5) is 0 Å². The van der Waals surface area contributed by atoms with Crippen LogP contribution in [0.25, 0.3) is 21.6 Å². The van der Waals surface area contributed by atoms with E-state index in [1.165, 1.54) is 15.8 Å². The van der Waals surface area contributed by atoms with Crippen LogP contribution in [0.15, 0.2) is 30.3 Å². The zero-order chi connectivity index (χ0) is 15.0. The standard InChI is InChI=1S/C17H19N3S/c1-10-9-15(20-14-8-6-5-7-13(10)14)17-19-12(3)16(21-17)11(2)18-4/h5-9,11,18H,1-4H3. The number of hydrogen-bond acceptors (Lipinski definition) is 4. The molecule has 0 radical (unpaired) electrons. The van der Waals surface area contributed by atoms with Gasteiger partial charge in [0, 0.05) is 16.3 Å². The Labute approximate surface area is 129 Å². The molecule has 0 aliphatic carbocycles. The van der Waals surface area contributed by atoms with Gasteiger partial charge in [0.1, 0.15) is 5.01 Å². The molecule has 108 valence electrons. The van der Waals surface area contributed by atoms with Gasteiger partial charge < -0.3 is 5.32 Å². The zero-order valence-electron chi connectivity index (χ0n) is 12.8. The molecule has 3 nitrogen and oxygen atoms in total. The van der Waals surface area contributed by atoms with Crippen molar-refractivity contribution in [2.45, 2.75) is 26.8 Å². The van der Waals surface area contributed by atoms with Crippen molar-refractivity contribution in [3.05, 3.63) is 46.5 Å². The molecular formula is C17H19N3S. The maximum absolute atomic E-state index is 4.77. The van der Waals surface area contributed by atoms with Crippen molar-refractivity contribution < 1.29 is 0 Å². The Kier molecular flexibility index (Phi) is 3.74. The number of nitrogens with one attached hydrogen (secondary N) is 1. The van der Waals surface area contributed by atoms with Crippen LogP contribution < -0.4 is 5.32 Å². The predicted octanol–water partition coefficient (Wildman–Crippen LogP) is 4.26. The molecule has 0 fully saturated rings. The average molecular weight is 297 g/mol. The smallest absolute Gasteiger partial charge is 0.142 e. The maximum atomic E-state index is 4.77. The Hall–Kier alpha value is -1.78. The van der Waals surface area contributed by atoms with Gasteiger partial charge in [-0.3, -0.25) is 0 Å². The highest BCUT2D eigenvalue weighted by Gasteiger charge is 2.15. The van der Waals surface area contributed by atoms with Gasteiger partial charge in [-0.15, -0.1) is 11.3 Å². The normalized spacial score (nSPS) is 12.8. The van der Waals surface area contributed by atoms with Crippen LogP contribution in [0.1, 0.15) is 29.1 Å². The van der Waals surface area contributed by atoms with Gasteiger partial charge in [-0.1, -0.05) is 18.2 Å². The number of benzene rings is 1. The maximum Gasteiger partial charge on any atom is 0.142 e. The number of aromatic nitrogens is 2. The van der Waals surface area contributed by atoms with Crippen LogP contribution in [-0.4, -0.2) is 17.0 Å². The molecule has 3 rings (SSSR count). The Morgan fingerprint density at radius 3 is 2.67 bits per heavy atom. The highest BCUT2D eigenvalue weighted by atomic mass is 32.1. The summed E-state index contributed by atoms with van der Waals surface area (Å²) in [6.07, 6.45) is 0. The van der Waals surface area contributed by atoms with Crippen molar-refractivity contribution in [1.82, 2.24) is 15.3 Å². The lowest BCUT2D eigenvalue weighted by molar-refractivity contribution is 0.658. The Morgan fingerprint density at radius 2 is 1.90 bits per heavy atom. The van der Waals surface area contributed by atoms with Crippen LogP contribution in [0.5, 0.6) is 0 Å². The van der Waals surface area contributed by atoms with Gasteiger partial charge in [0.2, 0.25) is 0 Å². The summed E-state index contributed by atoms with van der Waals surface area (Å²) in [5, 5.41) is 5.48. The molecule has 0 saturated carbocycles. The first-order valence-electron chi connectivity index (χ1n) is 7.11. The van der Waals surface area contributed by atoms with Crippen molar-refractivity contribution >= 4 is 22.2 Å². The molecule has 1 atom stereocenters. The lowest BCUT2D eigenvalue weighted by Crippen LogP contribution is -2.11. The fourth-order valence-electron chi connectivity index (χ4n) is 2.51. The van der Waals surface area contributed by atoms with Crippen LogP contribution >= 0.6 is 11.3 Å². The van der Waals surface area contributed by atoms with Crippen LogP contribution in [0.2, 0.25) is 0 Å². The highest BCUT2D eigenvalue weighted by Crippen LogP contribution is 2.32. The van der Waals surface area contributed by atoms with E-state index in [0.29, 0.717) is 6.04 Å². The number of rotatable bonds is 3. The molecule has 3 aromatic rings. The van der Waals surface area contributed by atoms with E-state index in [4.69, 9.17) is 9.97 Å². The van der Waals surface area contributed by atoms with Crippen LogP contribution in [0.3, 0.4) is 0 Å². The molecule has 0 aliphatic rings. The first-order chi connectivity index (χ1) is 10.1. The summed E-state index contributed by atoms with van der Waals surface area (Å²) in [5.74, 6) is 0. The predicted molar refractivity (Wildman–Crippen MR) is 89.8 cm³/mol. The molecule has 2 heterocycles. The molecule has 1 aromatic carbocycles. The molecule has 2 aromatic heterocycles. The topological polar surface area (TPSA) is 37.8 Å². The van der Waals surface area contributed by atoms with Crippen molar-refractivity contribution in [1.29, 1.82) is 0 Å². The molecule has 1 unspecified atom stereocenters. The van der Waals surface area contributed by atoms with Gasteiger partial charge in [-0.2, -0.15) is 0 Å². The summed E-state index contributed by atoms with van der Waals surface area (Å²) in [5.41, 5.74) is 4.33. The fourth-order valence-corrected chi connectivity index (χ4v) is 3.60. The van der Waals surface area contributed by atoms with E-state index in [9.17, 15) is 0 Å². The van der Waals surface area contributed by atoms with E-state index in [1.54, 1.807) is 11.3 Å². The number of nitrogens with zero attached hydrogens (tertiary/aromatic N) is 2. The average Bonchev–Trinajstić information content (AvgIpc) is 2.88. The summed E-state index contributed by atoms with van der Waals surface area (Å²) in [6, 6.07) is 10.7. The minimum absolute atomic E-state index is 0.317. The van der Waals surface area contributed by atoms with Gasteiger partial charge in [0.15, 0.2) is 0 Å². The van der Waals surface area contributed by atoms with E-state index in [2.05, 4.69) is 50.4 Å². The zero-order valence-corrected chi connectivity index (χ0v) is 13.6. The first kappa shape index (κ1) is 14.2. The number of para-hydroxylation sites is 1. The number of aryl methyl sites for hydroxylation is 2. The summed E-state index contributed by atoms with van der Waals surface area (Å²) in [7, 11) is 1.97. The monoisotopic (exact) mass is 297 g/mol. The quantitative estimate of drug-likeness (QED) is 0.785. The molecule has 0 aliphatic heterocycles. The van der Waals surface area contributed by atoms with Gasteiger partial charge >= 0.3 is 0 Å². The summed E-state index contributed by atoms with van der Waals surface area (Å²) in [4.78, 5) is 10.8. The molecule has 0 saturated heterocycles. The van der Waals surface area contributed by atoms with Gasteiger partial charge in [0.05, 0.1) is 16.9 Å². The third-order valence-electron chi connectivity index (χ3n) is 3.80. The van der Waals surface area contributed by atoms with Gasteiger partial charge in [-0.05, 0) is 45.5 Å². The molecular weight excluding hydrogens is 278 g/mol. The number of hydrogen-bond donors (Lipinski definition) is 1. The van der Waals surface area contributed by atoms with E-state index in [0.717, 1.165) is 21.9 Å². The van der Waals surface area contributed by atoms with Crippen molar-refractivity contribution in [3.63, 3.8) is 0 Å². The first-order valence-corrected chi connectivity index (χ1v) is 7.93. The number of thiazole rings is 1. The summed E-state index contributed by atoms with van der Waals surface area (Å²) in [6.45, 7) is 6.35. The minimum Gasteiger partial charge on any atom is -0.312 e. The Bertz CT molecular complexity index is 792. The second-order valence-corrected chi connectivity index (χ2v) is 6.35. The summed E-state index contributed by atoms with van der Waals surface area (Å²) >= 11 is 1.73. The molecule has 21 heavy (non-hydrogen) atoms. The fraction of sp³-hybridized carbons (Fsp3) is 0.294. The van der Waals surface area contributed by atoms with E-state index in [1.807, 2.05) is 13.1 Å². The molecule has 0 spiro atoms. The molecule has 0 bridgehead atoms. The van der Waals surface area contributed by atoms with Crippen LogP contribution in [0, 0.1) is 13.8 Å². The second kappa shape index (κ2) is 5.54. The second-order valence-electron chi connectivity index (χ2n) is 5.32. The molecule has 1 N–H and O–H groups in total. The molecule has 0 amide bonds. The Morgan fingerprint density at radius 1 is 1.14 bits per heavy atom. The summed E-state index contributed by atoms with van der Waals surface area (Å²) < 4.78 is 0.